The Labute approximate surface area is 96.2 Å². The van der Waals surface area contributed by atoms with Crippen LogP contribution in [0.15, 0.2) is 6.20 Å². The van der Waals surface area contributed by atoms with Crippen molar-refractivity contribution in [1.29, 1.82) is 0 Å². The Kier molecular flexibility index (Phi) is 4.49. The zero-order valence-corrected chi connectivity index (χ0v) is 10.4. The Morgan fingerprint density at radius 3 is 2.81 bits per heavy atom. The standard InChI is InChI=1S/C11H20N4O/c1-5-12-11(16)8(2)13-6-10-7-14-15(4)9(10)3/h7-8,13H,5-6H2,1-4H3,(H,12,16). The van der Waals surface area contributed by atoms with Gasteiger partial charge in [0.05, 0.1) is 12.2 Å². The predicted molar refractivity (Wildman–Crippen MR) is 62.9 cm³/mol. The maximum Gasteiger partial charge on any atom is 0.236 e. The average Bonchev–Trinajstić information content (AvgIpc) is 2.57. The lowest BCUT2D eigenvalue weighted by Crippen LogP contribution is -2.41. The molecule has 1 rings (SSSR count). The lowest BCUT2D eigenvalue weighted by atomic mass is 10.2. The second kappa shape index (κ2) is 5.65. The normalized spacial score (nSPS) is 12.5. The van der Waals surface area contributed by atoms with Gasteiger partial charge in [0.1, 0.15) is 0 Å². The van der Waals surface area contributed by atoms with E-state index in [-0.39, 0.29) is 11.9 Å². The number of rotatable bonds is 5. The number of nitrogens with one attached hydrogen (secondary N) is 2. The van der Waals surface area contributed by atoms with Gasteiger partial charge in [0.25, 0.3) is 0 Å². The number of aromatic nitrogens is 2. The lowest BCUT2D eigenvalue weighted by Gasteiger charge is -2.12. The van der Waals surface area contributed by atoms with Gasteiger partial charge in [0.15, 0.2) is 0 Å². The fourth-order valence-corrected chi connectivity index (χ4v) is 1.40. The molecule has 5 nitrogen and oxygen atoms in total. The van der Waals surface area contributed by atoms with Crippen LogP contribution in [0.3, 0.4) is 0 Å². The first kappa shape index (κ1) is 12.7. The molecule has 0 fully saturated rings. The summed E-state index contributed by atoms with van der Waals surface area (Å²) in [5.41, 5.74) is 2.24. The maximum atomic E-state index is 11.5. The maximum absolute atomic E-state index is 11.5. The van der Waals surface area contributed by atoms with Gasteiger partial charge in [-0.15, -0.1) is 0 Å². The summed E-state index contributed by atoms with van der Waals surface area (Å²) in [7, 11) is 1.91. The van der Waals surface area contributed by atoms with Crippen LogP contribution in [0.1, 0.15) is 25.1 Å². The Morgan fingerprint density at radius 2 is 2.31 bits per heavy atom. The minimum atomic E-state index is -0.181. The van der Waals surface area contributed by atoms with E-state index in [0.717, 1.165) is 11.3 Å². The summed E-state index contributed by atoms with van der Waals surface area (Å²) >= 11 is 0. The summed E-state index contributed by atoms with van der Waals surface area (Å²) in [6.07, 6.45) is 1.83. The highest BCUT2D eigenvalue weighted by Gasteiger charge is 2.11. The van der Waals surface area contributed by atoms with E-state index < -0.39 is 0 Å². The van der Waals surface area contributed by atoms with E-state index in [1.165, 1.54) is 0 Å². The number of carbonyl (C=O) groups excluding carboxylic acids is 1. The third-order valence-corrected chi connectivity index (χ3v) is 2.68. The van der Waals surface area contributed by atoms with Crippen LogP contribution in [0.25, 0.3) is 0 Å². The van der Waals surface area contributed by atoms with Crippen LogP contribution in [0.4, 0.5) is 0 Å². The molecule has 90 valence electrons. The monoisotopic (exact) mass is 224 g/mol. The second-order valence-corrected chi connectivity index (χ2v) is 3.88. The number of aryl methyl sites for hydroxylation is 1. The quantitative estimate of drug-likeness (QED) is 0.758. The molecule has 1 amide bonds. The topological polar surface area (TPSA) is 59.0 Å². The first-order chi connectivity index (χ1) is 7.56. The van der Waals surface area contributed by atoms with Crippen molar-refractivity contribution in [2.75, 3.05) is 6.54 Å². The summed E-state index contributed by atoms with van der Waals surface area (Å²) < 4.78 is 1.83. The van der Waals surface area contributed by atoms with Crippen molar-refractivity contribution < 1.29 is 4.79 Å². The zero-order chi connectivity index (χ0) is 12.1. The summed E-state index contributed by atoms with van der Waals surface area (Å²) in [5, 5.41) is 10.1. The van der Waals surface area contributed by atoms with Crippen LogP contribution in [0, 0.1) is 6.92 Å². The van der Waals surface area contributed by atoms with Crippen molar-refractivity contribution in [3.8, 4) is 0 Å². The molecule has 1 aromatic heterocycles. The summed E-state index contributed by atoms with van der Waals surface area (Å²) in [6, 6.07) is -0.181. The number of nitrogens with zero attached hydrogens (tertiary/aromatic N) is 2. The molecule has 0 bridgehead atoms. The molecular formula is C11H20N4O. The van der Waals surface area contributed by atoms with E-state index in [9.17, 15) is 4.79 Å². The van der Waals surface area contributed by atoms with Crippen LogP contribution in [-0.4, -0.2) is 28.3 Å². The smallest absolute Gasteiger partial charge is 0.236 e. The van der Waals surface area contributed by atoms with Crippen molar-refractivity contribution >= 4 is 5.91 Å². The van der Waals surface area contributed by atoms with Gasteiger partial charge in [-0.25, -0.2) is 0 Å². The van der Waals surface area contributed by atoms with E-state index in [4.69, 9.17) is 0 Å². The largest absolute Gasteiger partial charge is 0.355 e. The van der Waals surface area contributed by atoms with Crippen molar-refractivity contribution in [1.82, 2.24) is 20.4 Å². The van der Waals surface area contributed by atoms with Gasteiger partial charge in [0, 0.05) is 31.4 Å². The third-order valence-electron chi connectivity index (χ3n) is 2.68. The minimum Gasteiger partial charge on any atom is -0.355 e. The van der Waals surface area contributed by atoms with Gasteiger partial charge < -0.3 is 10.6 Å². The number of likely N-dealkylation sites (N-methyl/N-ethyl adjacent to an activating group) is 1. The van der Waals surface area contributed by atoms with E-state index in [1.807, 2.05) is 38.7 Å². The van der Waals surface area contributed by atoms with E-state index in [1.54, 1.807) is 0 Å². The molecule has 0 aliphatic carbocycles. The van der Waals surface area contributed by atoms with E-state index >= 15 is 0 Å². The predicted octanol–water partition coefficient (Wildman–Crippen LogP) is 0.343. The Bertz CT molecular complexity index is 359. The zero-order valence-electron chi connectivity index (χ0n) is 10.4. The molecule has 1 aromatic rings. The van der Waals surface area contributed by atoms with Gasteiger partial charge in [-0.1, -0.05) is 0 Å². The number of amides is 1. The molecule has 5 heteroatoms. The molecule has 0 radical (unpaired) electrons. The molecule has 2 N–H and O–H groups in total. The summed E-state index contributed by atoms with van der Waals surface area (Å²) in [5.74, 6) is 0.0315. The second-order valence-electron chi connectivity index (χ2n) is 3.88. The minimum absolute atomic E-state index is 0.0315. The number of hydrogen-bond donors (Lipinski definition) is 2. The molecule has 0 aromatic carbocycles. The number of carbonyl (C=O) groups is 1. The van der Waals surface area contributed by atoms with Gasteiger partial charge in [-0.05, 0) is 20.8 Å². The van der Waals surface area contributed by atoms with Crippen molar-refractivity contribution in [2.24, 2.45) is 7.05 Å². The van der Waals surface area contributed by atoms with Gasteiger partial charge in [-0.2, -0.15) is 5.10 Å². The van der Waals surface area contributed by atoms with E-state index in [2.05, 4.69) is 15.7 Å². The Balaban J connectivity index is 2.45. The fourth-order valence-electron chi connectivity index (χ4n) is 1.40. The van der Waals surface area contributed by atoms with Crippen LogP contribution >= 0.6 is 0 Å². The highest BCUT2D eigenvalue weighted by Crippen LogP contribution is 2.04. The van der Waals surface area contributed by atoms with Crippen LogP contribution in [0.5, 0.6) is 0 Å². The van der Waals surface area contributed by atoms with Crippen molar-refractivity contribution in [2.45, 2.75) is 33.4 Å². The molecule has 1 heterocycles. The van der Waals surface area contributed by atoms with Crippen molar-refractivity contribution in [3.05, 3.63) is 17.5 Å². The first-order valence-electron chi connectivity index (χ1n) is 5.54. The van der Waals surface area contributed by atoms with Gasteiger partial charge >= 0.3 is 0 Å². The molecule has 0 spiro atoms. The molecule has 0 saturated carbocycles. The lowest BCUT2D eigenvalue weighted by molar-refractivity contribution is -0.122. The SMILES string of the molecule is CCNC(=O)C(C)NCc1cnn(C)c1C. The highest BCUT2D eigenvalue weighted by atomic mass is 16.2. The fraction of sp³-hybridized carbons (Fsp3) is 0.636. The molecule has 16 heavy (non-hydrogen) atoms. The molecule has 1 unspecified atom stereocenters. The molecule has 0 saturated heterocycles. The van der Waals surface area contributed by atoms with Crippen LogP contribution in [0.2, 0.25) is 0 Å². The first-order valence-corrected chi connectivity index (χ1v) is 5.54. The van der Waals surface area contributed by atoms with Crippen LogP contribution < -0.4 is 10.6 Å². The molecule has 0 aliphatic heterocycles. The Hall–Kier alpha value is -1.36. The third kappa shape index (κ3) is 3.06. The van der Waals surface area contributed by atoms with Gasteiger partial charge in [-0.3, -0.25) is 9.48 Å². The summed E-state index contributed by atoms with van der Waals surface area (Å²) in [6.45, 7) is 7.11. The van der Waals surface area contributed by atoms with Crippen LogP contribution in [-0.2, 0) is 18.4 Å². The highest BCUT2D eigenvalue weighted by molar-refractivity contribution is 5.81. The Morgan fingerprint density at radius 1 is 1.62 bits per heavy atom. The van der Waals surface area contributed by atoms with Crippen molar-refractivity contribution in [3.63, 3.8) is 0 Å². The van der Waals surface area contributed by atoms with Gasteiger partial charge in [0.2, 0.25) is 5.91 Å². The number of hydrogen-bond acceptors (Lipinski definition) is 3. The summed E-state index contributed by atoms with van der Waals surface area (Å²) in [4.78, 5) is 11.5. The van der Waals surface area contributed by atoms with E-state index in [0.29, 0.717) is 13.1 Å². The average molecular weight is 224 g/mol. The molecule has 0 aliphatic rings. The molecule has 1 atom stereocenters. The molecular weight excluding hydrogens is 204 g/mol.